The predicted octanol–water partition coefficient (Wildman–Crippen LogP) is 2.72. The van der Waals surface area contributed by atoms with E-state index in [-0.39, 0.29) is 12.5 Å². The zero-order valence-electron chi connectivity index (χ0n) is 18.6. The first-order valence-corrected chi connectivity index (χ1v) is 11.6. The summed E-state index contributed by atoms with van der Waals surface area (Å²) < 4.78 is 5.22. The van der Waals surface area contributed by atoms with Crippen molar-refractivity contribution in [2.24, 2.45) is 4.99 Å². The van der Waals surface area contributed by atoms with Crippen LogP contribution in [0, 0.1) is 0 Å². The number of guanidine groups is 1. The number of ether oxygens (including phenoxy) is 1. The Morgan fingerprint density at radius 1 is 1.19 bits per heavy atom. The maximum atomic E-state index is 12.1. The number of carbonyl (C=O) groups is 1. The van der Waals surface area contributed by atoms with Gasteiger partial charge >= 0.3 is 0 Å². The van der Waals surface area contributed by atoms with E-state index >= 15 is 0 Å². The smallest absolute Gasteiger partial charge is 0.241 e. The van der Waals surface area contributed by atoms with Crippen LogP contribution in [0.3, 0.4) is 0 Å². The standard InChI is InChI=1S/C23H33N5O2S/c1-27(2)22(29)17-26-23(24-15-18-8-10-19(30-3)11-9-18)25-16-20(21-7-6-14-31-21)28-12-4-5-13-28/h6-11,14,20H,4-5,12-13,15-17H2,1-3H3,(H2,24,25,26). The molecule has 7 nitrogen and oxygen atoms in total. The van der Waals surface area contributed by atoms with Crippen molar-refractivity contribution >= 4 is 23.2 Å². The molecule has 8 heteroatoms. The average molecular weight is 444 g/mol. The number of thiophene rings is 1. The third kappa shape index (κ3) is 6.97. The van der Waals surface area contributed by atoms with Crippen LogP contribution in [0.4, 0.5) is 0 Å². The van der Waals surface area contributed by atoms with Gasteiger partial charge in [0.05, 0.1) is 26.2 Å². The summed E-state index contributed by atoms with van der Waals surface area (Å²) in [5.74, 6) is 1.48. The van der Waals surface area contributed by atoms with Crippen LogP contribution in [-0.2, 0) is 11.3 Å². The van der Waals surface area contributed by atoms with Gasteiger partial charge in [0.25, 0.3) is 0 Å². The first-order chi connectivity index (χ1) is 15.1. The summed E-state index contributed by atoms with van der Waals surface area (Å²) in [5, 5.41) is 8.80. The molecule has 2 heterocycles. The van der Waals surface area contributed by atoms with Gasteiger partial charge in [0.1, 0.15) is 5.75 Å². The van der Waals surface area contributed by atoms with E-state index in [2.05, 4.69) is 33.0 Å². The molecule has 2 aromatic rings. The van der Waals surface area contributed by atoms with Gasteiger partial charge in [-0.15, -0.1) is 11.3 Å². The van der Waals surface area contributed by atoms with E-state index in [0.717, 1.165) is 30.9 Å². The lowest BCUT2D eigenvalue weighted by Crippen LogP contribution is -2.45. The Morgan fingerprint density at radius 2 is 1.94 bits per heavy atom. The number of benzene rings is 1. The molecule has 1 fully saturated rings. The number of carbonyl (C=O) groups excluding carboxylic acids is 1. The molecule has 31 heavy (non-hydrogen) atoms. The molecule has 1 aromatic heterocycles. The van der Waals surface area contributed by atoms with Gasteiger partial charge in [-0.2, -0.15) is 0 Å². The molecule has 1 saturated heterocycles. The molecule has 0 spiro atoms. The SMILES string of the molecule is COc1ccc(CN=C(NCC(=O)N(C)C)NCC(c2cccs2)N2CCCC2)cc1. The van der Waals surface area contributed by atoms with Crippen molar-refractivity contribution in [3.8, 4) is 5.75 Å². The van der Waals surface area contributed by atoms with Gasteiger partial charge < -0.3 is 20.3 Å². The number of amides is 1. The Hall–Kier alpha value is -2.58. The highest BCUT2D eigenvalue weighted by atomic mass is 32.1. The molecule has 0 radical (unpaired) electrons. The van der Waals surface area contributed by atoms with Crippen LogP contribution in [0.1, 0.15) is 29.3 Å². The van der Waals surface area contributed by atoms with Crippen LogP contribution in [0.25, 0.3) is 0 Å². The average Bonchev–Trinajstić information content (AvgIpc) is 3.50. The van der Waals surface area contributed by atoms with E-state index in [1.807, 2.05) is 24.3 Å². The van der Waals surface area contributed by atoms with Crippen LogP contribution < -0.4 is 15.4 Å². The molecule has 0 bridgehead atoms. The third-order valence-electron chi connectivity index (χ3n) is 5.40. The molecule has 2 N–H and O–H groups in total. The highest BCUT2D eigenvalue weighted by molar-refractivity contribution is 7.10. The van der Waals surface area contributed by atoms with Crippen molar-refractivity contribution < 1.29 is 9.53 Å². The molecule has 1 aromatic carbocycles. The second-order valence-electron chi connectivity index (χ2n) is 7.81. The van der Waals surface area contributed by atoms with Gasteiger partial charge in [0, 0.05) is 25.5 Å². The van der Waals surface area contributed by atoms with Crippen molar-refractivity contribution in [2.75, 3.05) is 47.4 Å². The number of rotatable bonds is 9. The van der Waals surface area contributed by atoms with E-state index in [1.165, 1.54) is 17.7 Å². The summed E-state index contributed by atoms with van der Waals surface area (Å²) >= 11 is 1.79. The maximum Gasteiger partial charge on any atom is 0.241 e. The molecule has 1 unspecified atom stereocenters. The number of methoxy groups -OCH3 is 1. The number of nitrogens with one attached hydrogen (secondary N) is 2. The molecule has 1 atom stereocenters. The van der Waals surface area contributed by atoms with E-state index in [9.17, 15) is 4.79 Å². The summed E-state index contributed by atoms with van der Waals surface area (Å²) in [5.41, 5.74) is 1.08. The van der Waals surface area contributed by atoms with Crippen LogP contribution in [0.2, 0.25) is 0 Å². The van der Waals surface area contributed by atoms with Gasteiger partial charge in [-0.05, 0) is 55.1 Å². The predicted molar refractivity (Wildman–Crippen MR) is 127 cm³/mol. The van der Waals surface area contributed by atoms with Crippen LogP contribution in [0.15, 0.2) is 46.8 Å². The highest BCUT2D eigenvalue weighted by Gasteiger charge is 2.24. The Balaban J connectivity index is 1.68. The van der Waals surface area contributed by atoms with Crippen molar-refractivity contribution in [1.29, 1.82) is 0 Å². The van der Waals surface area contributed by atoms with E-state index in [0.29, 0.717) is 18.5 Å². The second-order valence-corrected chi connectivity index (χ2v) is 8.79. The van der Waals surface area contributed by atoms with Crippen LogP contribution in [0.5, 0.6) is 5.75 Å². The van der Waals surface area contributed by atoms with Crippen LogP contribution in [-0.4, -0.2) is 69.1 Å². The van der Waals surface area contributed by atoms with Gasteiger partial charge in [0.2, 0.25) is 5.91 Å². The summed E-state index contributed by atoms with van der Waals surface area (Å²) in [6.07, 6.45) is 2.49. The first-order valence-electron chi connectivity index (χ1n) is 10.7. The number of likely N-dealkylation sites (tertiary alicyclic amines) is 1. The fourth-order valence-electron chi connectivity index (χ4n) is 3.53. The molecule has 0 saturated carbocycles. The van der Waals surface area contributed by atoms with E-state index < -0.39 is 0 Å². The molecule has 1 amide bonds. The first kappa shape index (κ1) is 23.1. The van der Waals surface area contributed by atoms with Crippen molar-refractivity contribution in [2.45, 2.75) is 25.4 Å². The zero-order valence-corrected chi connectivity index (χ0v) is 19.5. The van der Waals surface area contributed by atoms with Crippen LogP contribution >= 0.6 is 11.3 Å². The van der Waals surface area contributed by atoms with Crippen molar-refractivity contribution in [3.63, 3.8) is 0 Å². The van der Waals surface area contributed by atoms with Gasteiger partial charge in [-0.1, -0.05) is 18.2 Å². The maximum absolute atomic E-state index is 12.1. The molecule has 3 rings (SSSR count). The fourth-order valence-corrected chi connectivity index (χ4v) is 4.39. The highest BCUT2D eigenvalue weighted by Crippen LogP contribution is 2.27. The lowest BCUT2D eigenvalue weighted by molar-refractivity contribution is -0.127. The normalized spacial score (nSPS) is 15.5. The monoisotopic (exact) mass is 443 g/mol. The largest absolute Gasteiger partial charge is 0.497 e. The van der Waals surface area contributed by atoms with Gasteiger partial charge in [0.15, 0.2) is 5.96 Å². The Bertz CT molecular complexity index is 830. The number of hydrogen-bond acceptors (Lipinski definition) is 5. The summed E-state index contributed by atoms with van der Waals surface area (Å²) in [4.78, 5) is 22.3. The summed E-state index contributed by atoms with van der Waals surface area (Å²) in [7, 11) is 5.17. The van der Waals surface area contributed by atoms with E-state index in [4.69, 9.17) is 9.73 Å². The van der Waals surface area contributed by atoms with Crippen molar-refractivity contribution in [1.82, 2.24) is 20.4 Å². The fraction of sp³-hybridized carbons (Fsp3) is 0.478. The van der Waals surface area contributed by atoms with Gasteiger partial charge in [-0.3, -0.25) is 9.69 Å². The minimum Gasteiger partial charge on any atom is -0.497 e. The Kier molecular flexibility index (Phi) is 8.73. The molecule has 1 aliphatic rings. The summed E-state index contributed by atoms with van der Waals surface area (Å²) in [6.45, 7) is 3.70. The summed E-state index contributed by atoms with van der Waals surface area (Å²) in [6, 6.07) is 12.5. The third-order valence-corrected chi connectivity index (χ3v) is 6.37. The zero-order chi connectivity index (χ0) is 22.1. The molecule has 0 aliphatic carbocycles. The minimum absolute atomic E-state index is 0.00768. The van der Waals surface area contributed by atoms with E-state index in [1.54, 1.807) is 37.4 Å². The molecular weight excluding hydrogens is 410 g/mol. The number of aliphatic imine (C=N–C) groups is 1. The molecule has 1 aliphatic heterocycles. The van der Waals surface area contributed by atoms with Gasteiger partial charge in [-0.25, -0.2) is 4.99 Å². The Morgan fingerprint density at radius 3 is 2.55 bits per heavy atom. The lowest BCUT2D eigenvalue weighted by atomic mass is 10.2. The molecule has 168 valence electrons. The van der Waals surface area contributed by atoms with Crippen molar-refractivity contribution in [3.05, 3.63) is 52.2 Å². The second kappa shape index (κ2) is 11.7. The topological polar surface area (TPSA) is 69.2 Å². The quantitative estimate of drug-likeness (QED) is 0.461. The number of likely N-dealkylation sites (N-methyl/N-ethyl adjacent to an activating group) is 1. The molecular formula is C23H33N5O2S. The Labute approximate surface area is 189 Å². The lowest BCUT2D eigenvalue weighted by Gasteiger charge is -2.27. The number of nitrogens with zero attached hydrogens (tertiary/aromatic N) is 3. The minimum atomic E-state index is 0.00768. The number of hydrogen-bond donors (Lipinski definition) is 2.